The minimum atomic E-state index is -1.01. The molecule has 11 N–H and O–H groups in total. The van der Waals surface area contributed by atoms with Crippen LogP contribution in [-0.4, -0.2) is 141 Å². The van der Waals surface area contributed by atoms with Crippen molar-refractivity contribution in [2.75, 3.05) is 56.5 Å². The summed E-state index contributed by atoms with van der Waals surface area (Å²) in [5.41, 5.74) is 31.0. The molecule has 0 radical (unpaired) electrons. The number of benzene rings is 4. The number of imidazole rings is 3. The summed E-state index contributed by atoms with van der Waals surface area (Å²) >= 11 is 2.82. The molecule has 27 heteroatoms. The second-order valence-electron chi connectivity index (χ2n) is 26.2. The average Bonchev–Trinajstić information content (AvgIpc) is 1.62. The summed E-state index contributed by atoms with van der Waals surface area (Å²) in [5, 5.41) is 26.4. The number of nitrogen functional groups attached to an aromatic ring is 3. The number of ketones is 1. The molecule has 4 aromatic carbocycles. The first kappa shape index (κ1) is 65.7. The topological polar surface area (TPSA) is 342 Å². The summed E-state index contributed by atoms with van der Waals surface area (Å²) in [5.74, 6) is 4.71. The summed E-state index contributed by atoms with van der Waals surface area (Å²) in [4.78, 5) is 95.7. The maximum absolute atomic E-state index is 13.0. The summed E-state index contributed by atoms with van der Waals surface area (Å²) in [6, 6.07) is 42.1. The number of fused-ring (bicyclic) bond motifs is 6. The zero-order valence-corrected chi connectivity index (χ0v) is 57.6. The number of carbonyl (C=O) groups excluding carboxylic acids is 4. The van der Waals surface area contributed by atoms with Crippen molar-refractivity contribution >= 4 is 119 Å². The van der Waals surface area contributed by atoms with Gasteiger partial charge in [-0.15, -0.1) is 11.3 Å². The summed E-state index contributed by atoms with van der Waals surface area (Å²) in [7, 11) is 0. The number of H-pyrrole nitrogens is 3. The van der Waals surface area contributed by atoms with Crippen molar-refractivity contribution in [1.29, 1.82) is 0 Å². The van der Waals surface area contributed by atoms with Crippen molar-refractivity contribution in [1.82, 2.24) is 72.8 Å². The van der Waals surface area contributed by atoms with E-state index in [-0.39, 0.29) is 46.9 Å². The van der Waals surface area contributed by atoms with Gasteiger partial charge in [-0.2, -0.15) is 16.6 Å². The Morgan fingerprint density at radius 2 is 0.854 bits per heavy atom. The fraction of sp³-hybridized carbons (Fsp3) is 0.211. The maximum atomic E-state index is 13.0. The molecule has 0 spiro atoms. The van der Waals surface area contributed by atoms with Crippen LogP contribution in [-0.2, 0) is 0 Å². The average molecular weight is 1410 g/mol. The molecule has 3 fully saturated rings. The van der Waals surface area contributed by atoms with Gasteiger partial charge in [0.1, 0.15) is 68.6 Å². The Kier molecular flexibility index (Phi) is 17.6. The van der Waals surface area contributed by atoms with Gasteiger partial charge in [-0.05, 0) is 118 Å². The third kappa shape index (κ3) is 12.7. The molecule has 1 atom stereocenters. The van der Waals surface area contributed by atoms with E-state index in [9.17, 15) is 24.4 Å². The normalized spacial score (nSPS) is 15.1. The molecule has 25 nitrogen and oxygen atoms in total. The Hall–Kier alpha value is -11.9. The number of aromatic amines is 3. The van der Waals surface area contributed by atoms with E-state index < -0.39 is 5.23 Å². The first-order valence-corrected chi connectivity index (χ1v) is 35.9. The van der Waals surface area contributed by atoms with E-state index in [0.29, 0.717) is 59.0 Å². The van der Waals surface area contributed by atoms with E-state index in [2.05, 4.69) is 76.8 Å². The first-order chi connectivity index (χ1) is 50.2. The highest BCUT2D eigenvalue weighted by atomic mass is 32.1. The van der Waals surface area contributed by atoms with Gasteiger partial charge in [-0.25, -0.2) is 35.1 Å². The van der Waals surface area contributed by atoms with Crippen molar-refractivity contribution in [2.45, 2.75) is 63.2 Å². The number of hydrogen-bond acceptors (Lipinski definition) is 17. The van der Waals surface area contributed by atoms with E-state index in [1.54, 1.807) is 54.2 Å². The maximum Gasteiger partial charge on any atom is 0.263 e. The number of nitrogens with zero attached hydrogens (tertiary/aromatic N) is 12. The van der Waals surface area contributed by atoms with Gasteiger partial charge < -0.3 is 52.1 Å². The zero-order chi connectivity index (χ0) is 70.6. The second kappa shape index (κ2) is 27.6. The van der Waals surface area contributed by atoms with Gasteiger partial charge in [0.25, 0.3) is 17.7 Å². The van der Waals surface area contributed by atoms with Gasteiger partial charge in [0.2, 0.25) is 0 Å². The van der Waals surface area contributed by atoms with Gasteiger partial charge >= 0.3 is 0 Å². The van der Waals surface area contributed by atoms with E-state index in [1.807, 2.05) is 107 Å². The smallest absolute Gasteiger partial charge is 0.263 e. The number of rotatable bonds is 11. The molecule has 15 aromatic rings. The van der Waals surface area contributed by atoms with Crippen molar-refractivity contribution in [3.63, 3.8) is 0 Å². The Bertz CT molecular complexity index is 5580. The molecule has 518 valence electrons. The fourth-order valence-electron chi connectivity index (χ4n) is 14.6. The largest absolute Gasteiger partial charge is 0.595 e. The molecule has 0 saturated carbocycles. The molecule has 3 aliphatic rings. The predicted octanol–water partition coefficient (Wildman–Crippen LogP) is 12.2. The minimum Gasteiger partial charge on any atom is -0.595 e. The van der Waals surface area contributed by atoms with Crippen molar-refractivity contribution in [3.05, 3.63) is 225 Å². The number of para-hydroxylation sites is 3. The fourth-order valence-corrected chi connectivity index (χ4v) is 16.1. The lowest BCUT2D eigenvalue weighted by Gasteiger charge is -2.31. The van der Waals surface area contributed by atoms with Gasteiger partial charge in [0.15, 0.2) is 11.5 Å². The third-order valence-electron chi connectivity index (χ3n) is 19.9. The molecule has 18 rings (SSSR count). The van der Waals surface area contributed by atoms with Crippen molar-refractivity contribution < 1.29 is 29.6 Å². The molecule has 3 saturated heterocycles. The molecule has 0 aliphatic carbocycles. The van der Waals surface area contributed by atoms with Crippen LogP contribution in [0.2, 0.25) is 0 Å². The summed E-state index contributed by atoms with van der Waals surface area (Å²) in [6.07, 6.45) is 15.7. The zero-order valence-electron chi connectivity index (χ0n) is 55.9. The van der Waals surface area contributed by atoms with Crippen LogP contribution in [0.4, 0.5) is 23.1 Å². The Morgan fingerprint density at radius 3 is 1.20 bits per heavy atom. The summed E-state index contributed by atoms with van der Waals surface area (Å²) in [6.45, 7) is 5.39. The number of thiophene rings is 2. The highest BCUT2D eigenvalue weighted by molar-refractivity contribution is 7.16. The Labute approximate surface area is 596 Å². The molecule has 3 aliphatic heterocycles. The number of anilines is 3. The lowest BCUT2D eigenvalue weighted by Crippen LogP contribution is -2.99. The number of piperidine rings is 3. The molecule has 11 aromatic heterocycles. The second-order valence-corrected chi connectivity index (χ2v) is 28.0. The van der Waals surface area contributed by atoms with Crippen molar-refractivity contribution in [2.24, 2.45) is 0 Å². The molecule has 0 bridgehead atoms. The molecule has 103 heavy (non-hydrogen) atoms. The van der Waals surface area contributed by atoms with Crippen LogP contribution < -0.4 is 22.4 Å². The van der Waals surface area contributed by atoms with E-state index in [1.165, 1.54) is 30.4 Å². The number of aromatic nitrogens is 12. The number of nitrogens with two attached hydrogens (primary N) is 3. The molecule has 3 amide bonds. The van der Waals surface area contributed by atoms with Crippen LogP contribution in [0.15, 0.2) is 181 Å². The highest BCUT2D eigenvalue weighted by Crippen LogP contribution is 2.40. The van der Waals surface area contributed by atoms with E-state index in [4.69, 9.17) is 37.4 Å². The van der Waals surface area contributed by atoms with E-state index >= 15 is 0 Å². The first-order valence-electron chi connectivity index (χ1n) is 34.1. The number of carbonyl (C=O) groups is 4. The minimum absolute atomic E-state index is 0.0128. The Balaban J connectivity index is 0.000000119. The molecular formula is C76H71N19O6S2. The Morgan fingerprint density at radius 1 is 0.485 bits per heavy atom. The monoisotopic (exact) mass is 1410 g/mol. The summed E-state index contributed by atoms with van der Waals surface area (Å²) < 4.78 is 6.14. The quantitative estimate of drug-likeness (QED) is 0.0441. The number of Topliss-reactive ketones (excluding diaryl/α,β-unsaturated/α-hetero) is 1. The lowest BCUT2D eigenvalue weighted by molar-refractivity contribution is -0.991. The number of quaternary nitrogens is 1. The van der Waals surface area contributed by atoms with Crippen LogP contribution >= 0.6 is 22.7 Å². The van der Waals surface area contributed by atoms with Gasteiger partial charge in [-0.1, -0.05) is 54.6 Å². The number of likely N-dealkylation sites (tertiary alicyclic amines) is 3. The van der Waals surface area contributed by atoms with Crippen LogP contribution in [0.1, 0.15) is 121 Å². The molecule has 1 unspecified atom stereocenters. The van der Waals surface area contributed by atoms with E-state index in [0.717, 1.165) is 158 Å². The number of amides is 3. The van der Waals surface area contributed by atoms with Gasteiger partial charge in [-0.3, -0.25) is 32.4 Å². The number of nitrogens with one attached hydrogen (secondary N) is 4. The van der Waals surface area contributed by atoms with Gasteiger partial charge in [0, 0.05) is 150 Å². The third-order valence-corrected chi connectivity index (χ3v) is 21.8. The van der Waals surface area contributed by atoms with Crippen LogP contribution in [0.5, 0.6) is 0 Å². The lowest BCUT2D eigenvalue weighted by atomic mass is 9.95. The highest BCUT2D eigenvalue weighted by Gasteiger charge is 2.34. The molecule has 14 heterocycles. The van der Waals surface area contributed by atoms with Crippen LogP contribution in [0.3, 0.4) is 0 Å². The van der Waals surface area contributed by atoms with Crippen molar-refractivity contribution in [3.8, 4) is 34.2 Å². The van der Waals surface area contributed by atoms with Crippen LogP contribution in [0, 0.1) is 5.21 Å². The van der Waals surface area contributed by atoms with Crippen LogP contribution in [0.25, 0.3) is 83.4 Å². The SMILES string of the molecule is CC(=O)c1ccc(C(=O)N2CCC(c3nc(-c4cc5ccccc5[nH]4)c4c(N)nccn34)CC2)s1.Nc1nccn2c(C3CCN(C(=O)c4ccc([NH+]([O-])O)cc4)CC3)nc(-c3cc4ccccc4[nH]3)c12.Nc1nccn2c(C3CCN(C(=O)c4ccsc4)CC3)nc(-c3cc4ccccc4[nH]3)c12. The van der Waals surface area contributed by atoms with Gasteiger partial charge in [0.05, 0.1) is 32.4 Å². The standard InChI is InChI=1S/C26H25N7O3.C26H24N6O2S.C24H22N6OS/c27-24-23-22(21-15-18-3-1-2-4-20(18)29-21)30-25(32(23)14-11-28-24)16-9-12-31(13-10-16)26(34)17-5-7-19(8-6-17)33(35)36;1-15(33)20-6-7-21(35-20)26(34)31-11-8-16(9-12-31)25-30-22(23-24(27)28-10-13-32(23)25)19-14-17-4-2-3-5-18(17)29-19;25-22-21-20(19-13-16-3-1-2-4-18(16)27-19)28-23(30(21)11-8-26-22)15-5-9-29(10-6-15)24(31)17-7-12-32-14-17/h1-8,11,14-16,29,33,35H,9-10,12-13H2,(H2,27,28);2-7,10,13-14,16,29H,8-9,11-12H2,1H3,(H2,27,28);1-4,7-8,11-15,27H,5-6,9-10H2,(H2,25,26). The number of hydrogen-bond donors (Lipinski definition) is 8. The predicted molar refractivity (Wildman–Crippen MR) is 399 cm³/mol. The molecular weight excluding hydrogens is 1340 g/mol.